The molecule has 0 spiro atoms. The Balaban J connectivity index is 2.03. The molecular formula is C12H13NO5Si. The maximum absolute atomic E-state index is 11.8. The number of carbonyl (C=O) groups is 2. The summed E-state index contributed by atoms with van der Waals surface area (Å²) in [5.74, 6) is -0.828. The highest BCUT2D eigenvalue weighted by Crippen LogP contribution is 2.17. The third-order valence-corrected chi connectivity index (χ3v) is 5.65. The predicted octanol–water partition coefficient (Wildman–Crippen LogP) is -0.735. The maximum Gasteiger partial charge on any atom is 0.673 e. The van der Waals surface area contributed by atoms with Crippen LogP contribution in [0.25, 0.3) is 0 Å². The molecule has 6 nitrogen and oxygen atoms in total. The molecule has 0 aliphatic carbocycles. The fourth-order valence-corrected chi connectivity index (χ4v) is 4.43. The van der Waals surface area contributed by atoms with E-state index in [9.17, 15) is 9.59 Å². The van der Waals surface area contributed by atoms with Gasteiger partial charge in [-0.3, -0.25) is 14.5 Å². The van der Waals surface area contributed by atoms with E-state index in [1.54, 1.807) is 29.2 Å². The Bertz CT molecular complexity index is 486. The molecule has 2 bridgehead atoms. The normalized spacial score (nSPS) is 30.8. The van der Waals surface area contributed by atoms with Gasteiger partial charge in [0.1, 0.15) is 0 Å². The average Bonchev–Trinajstić information content (AvgIpc) is 2.34. The van der Waals surface area contributed by atoms with Crippen LogP contribution in [0.1, 0.15) is 0 Å². The molecule has 19 heavy (non-hydrogen) atoms. The number of benzene rings is 1. The van der Waals surface area contributed by atoms with E-state index in [1.807, 2.05) is 6.07 Å². The zero-order valence-electron chi connectivity index (χ0n) is 10.2. The highest BCUT2D eigenvalue weighted by molar-refractivity contribution is 6.78. The fourth-order valence-electron chi connectivity index (χ4n) is 2.18. The fraction of sp³-hybridized carbons (Fsp3) is 0.333. The van der Waals surface area contributed by atoms with Gasteiger partial charge in [-0.05, 0) is 0 Å². The molecular weight excluding hydrogens is 266 g/mol. The molecule has 4 rings (SSSR count). The summed E-state index contributed by atoms with van der Waals surface area (Å²) in [5.41, 5.74) is 0. The van der Waals surface area contributed by atoms with Gasteiger partial charge in [0.05, 0.1) is 19.7 Å². The first-order chi connectivity index (χ1) is 9.18. The molecule has 0 amide bonds. The minimum atomic E-state index is -3.46. The number of nitrogens with zero attached hydrogens (tertiary/aromatic N) is 1. The first-order valence-corrected chi connectivity index (χ1v) is 7.76. The SMILES string of the molecule is O=C1CN2CCO[Si](c3ccccc3)(O1)OC(=O)C2. The van der Waals surface area contributed by atoms with Gasteiger partial charge < -0.3 is 13.3 Å². The van der Waals surface area contributed by atoms with E-state index in [1.165, 1.54) is 0 Å². The summed E-state index contributed by atoms with van der Waals surface area (Å²) in [6, 6.07) is 8.95. The van der Waals surface area contributed by atoms with Crippen molar-refractivity contribution in [1.29, 1.82) is 0 Å². The van der Waals surface area contributed by atoms with Crippen molar-refractivity contribution in [2.24, 2.45) is 0 Å². The molecule has 100 valence electrons. The zero-order chi connectivity index (χ0) is 13.3. The van der Waals surface area contributed by atoms with Gasteiger partial charge in [-0.2, -0.15) is 0 Å². The van der Waals surface area contributed by atoms with Crippen molar-refractivity contribution in [2.45, 2.75) is 0 Å². The molecule has 1 aromatic rings. The van der Waals surface area contributed by atoms with E-state index in [-0.39, 0.29) is 13.1 Å². The van der Waals surface area contributed by atoms with Gasteiger partial charge in [-0.1, -0.05) is 30.3 Å². The molecule has 1 aromatic carbocycles. The van der Waals surface area contributed by atoms with Crippen LogP contribution in [0.2, 0.25) is 0 Å². The van der Waals surface area contributed by atoms with E-state index in [0.717, 1.165) is 0 Å². The van der Waals surface area contributed by atoms with Crippen LogP contribution in [0.3, 0.4) is 0 Å². The van der Waals surface area contributed by atoms with Gasteiger partial charge in [0.15, 0.2) is 0 Å². The second kappa shape index (κ2) is 4.76. The summed E-state index contributed by atoms with van der Waals surface area (Å²) in [6.45, 7) is 1.09. The summed E-state index contributed by atoms with van der Waals surface area (Å²) in [7, 11) is -3.46. The molecule has 3 saturated heterocycles. The molecule has 0 atom stereocenters. The van der Waals surface area contributed by atoms with E-state index < -0.39 is 20.7 Å². The van der Waals surface area contributed by atoms with Gasteiger partial charge >= 0.3 is 20.7 Å². The van der Waals surface area contributed by atoms with Gasteiger partial charge in [0.2, 0.25) is 0 Å². The number of rotatable bonds is 1. The van der Waals surface area contributed by atoms with Crippen molar-refractivity contribution in [1.82, 2.24) is 4.90 Å². The van der Waals surface area contributed by atoms with Gasteiger partial charge in [0.25, 0.3) is 0 Å². The highest BCUT2D eigenvalue weighted by atomic mass is 28.4. The third-order valence-electron chi connectivity index (χ3n) is 3.03. The number of carbonyl (C=O) groups excluding carboxylic acids is 2. The first-order valence-electron chi connectivity index (χ1n) is 6.03. The lowest BCUT2D eigenvalue weighted by Crippen LogP contribution is -2.64. The Morgan fingerprint density at radius 3 is 2.26 bits per heavy atom. The molecule has 0 aromatic heterocycles. The van der Waals surface area contributed by atoms with Crippen molar-refractivity contribution in [2.75, 3.05) is 26.2 Å². The van der Waals surface area contributed by atoms with E-state index in [2.05, 4.69) is 0 Å². The van der Waals surface area contributed by atoms with Gasteiger partial charge in [-0.25, -0.2) is 0 Å². The van der Waals surface area contributed by atoms with Crippen molar-refractivity contribution in [3.8, 4) is 0 Å². The first kappa shape index (κ1) is 12.3. The van der Waals surface area contributed by atoms with E-state index in [0.29, 0.717) is 18.3 Å². The van der Waals surface area contributed by atoms with Crippen LogP contribution < -0.4 is 5.19 Å². The Kier molecular flexibility index (Phi) is 3.09. The van der Waals surface area contributed by atoms with Crippen LogP contribution in [0, 0.1) is 0 Å². The zero-order valence-corrected chi connectivity index (χ0v) is 11.2. The summed E-state index contributed by atoms with van der Waals surface area (Å²) >= 11 is 0. The smallest absolute Gasteiger partial charge is 0.460 e. The van der Waals surface area contributed by atoms with E-state index in [4.69, 9.17) is 13.3 Å². The standard InChI is InChI=1S/C12H13NO5Si/c14-11-8-13-6-7-16-19(17-11,18-12(15)9-13)10-4-2-1-3-5-10/h1-5H,6-9H2. The molecule has 0 saturated carbocycles. The largest absolute Gasteiger partial charge is 0.673 e. The summed E-state index contributed by atoms with van der Waals surface area (Å²) in [5, 5.41) is 0.632. The topological polar surface area (TPSA) is 65.1 Å². The lowest BCUT2D eigenvalue weighted by Gasteiger charge is -2.36. The Hall–Kier alpha value is -1.70. The molecule has 0 unspecified atom stereocenters. The van der Waals surface area contributed by atoms with Crippen molar-refractivity contribution < 1.29 is 22.9 Å². The Morgan fingerprint density at radius 1 is 1.00 bits per heavy atom. The average molecular weight is 279 g/mol. The molecule has 3 heterocycles. The summed E-state index contributed by atoms with van der Waals surface area (Å²) < 4.78 is 16.5. The Morgan fingerprint density at radius 2 is 1.63 bits per heavy atom. The molecule has 7 heteroatoms. The van der Waals surface area contributed by atoms with Crippen LogP contribution >= 0.6 is 0 Å². The predicted molar refractivity (Wildman–Crippen MR) is 66.4 cm³/mol. The summed E-state index contributed by atoms with van der Waals surface area (Å²) in [6.07, 6.45) is 0. The second-order valence-corrected chi connectivity index (χ2v) is 6.82. The lowest BCUT2D eigenvalue weighted by molar-refractivity contribution is -0.154. The van der Waals surface area contributed by atoms with Crippen molar-refractivity contribution in [3.63, 3.8) is 0 Å². The van der Waals surface area contributed by atoms with Crippen molar-refractivity contribution >= 4 is 25.9 Å². The van der Waals surface area contributed by atoms with E-state index >= 15 is 0 Å². The third kappa shape index (κ3) is 2.39. The maximum atomic E-state index is 11.8. The number of hydrogen-bond acceptors (Lipinski definition) is 6. The number of fused-ring (bicyclic) bond motifs is 6. The quantitative estimate of drug-likeness (QED) is 0.631. The summed E-state index contributed by atoms with van der Waals surface area (Å²) in [4.78, 5) is 25.3. The Labute approximate surface area is 111 Å². The van der Waals surface area contributed by atoms with Crippen LogP contribution in [0.15, 0.2) is 30.3 Å². The lowest BCUT2D eigenvalue weighted by atomic mass is 10.4. The molecule has 3 aliphatic rings. The van der Waals surface area contributed by atoms with Crippen LogP contribution in [0.4, 0.5) is 0 Å². The molecule has 3 fully saturated rings. The number of hydrogen-bond donors (Lipinski definition) is 0. The van der Waals surface area contributed by atoms with Crippen LogP contribution in [-0.2, 0) is 22.9 Å². The monoisotopic (exact) mass is 279 g/mol. The van der Waals surface area contributed by atoms with Crippen LogP contribution in [0.5, 0.6) is 0 Å². The van der Waals surface area contributed by atoms with Crippen molar-refractivity contribution in [3.05, 3.63) is 30.3 Å². The van der Waals surface area contributed by atoms with Gasteiger partial charge in [0, 0.05) is 11.7 Å². The van der Waals surface area contributed by atoms with Gasteiger partial charge in [-0.15, -0.1) is 0 Å². The highest BCUT2D eigenvalue weighted by Gasteiger charge is 2.54. The molecule has 0 N–H and O–H groups in total. The minimum Gasteiger partial charge on any atom is -0.460 e. The molecule has 3 aliphatic heterocycles. The second-order valence-electron chi connectivity index (χ2n) is 4.43. The minimum absolute atomic E-state index is 0.0973. The van der Waals surface area contributed by atoms with Crippen LogP contribution in [-0.4, -0.2) is 51.9 Å². The molecule has 0 radical (unpaired) electrons.